The van der Waals surface area contributed by atoms with Crippen LogP contribution in [0.4, 0.5) is 14.6 Å². The second-order valence-electron chi connectivity index (χ2n) is 2.33. The summed E-state index contributed by atoms with van der Waals surface area (Å²) in [5.74, 6) is 0.254. The van der Waals surface area contributed by atoms with Crippen molar-refractivity contribution < 1.29 is 8.78 Å². The molecule has 0 unspecified atom stereocenters. The van der Waals surface area contributed by atoms with Gasteiger partial charge < -0.3 is 5.73 Å². The summed E-state index contributed by atoms with van der Waals surface area (Å²) in [6.45, 7) is 0. The Hall–Kier alpha value is -0.170. The fourth-order valence-electron chi connectivity index (χ4n) is 0.816. The highest BCUT2D eigenvalue weighted by molar-refractivity contribution is 14.1. The Labute approximate surface area is 92.6 Å². The van der Waals surface area contributed by atoms with Gasteiger partial charge in [-0.2, -0.15) is 0 Å². The highest BCUT2D eigenvalue weighted by Gasteiger charge is 2.15. The van der Waals surface area contributed by atoms with E-state index >= 15 is 0 Å². The molecule has 1 aromatic heterocycles. The SMILES string of the molecule is Nc1nc(C(F)F)c(I)cc1CCl. The van der Waals surface area contributed by atoms with E-state index in [1.54, 1.807) is 22.6 Å². The smallest absolute Gasteiger partial charge is 0.281 e. The normalized spacial score (nSPS) is 10.8. The quantitative estimate of drug-likeness (QED) is 0.672. The Morgan fingerprint density at radius 3 is 2.69 bits per heavy atom. The van der Waals surface area contributed by atoms with Gasteiger partial charge in [0.1, 0.15) is 11.5 Å². The monoisotopic (exact) mass is 318 g/mol. The van der Waals surface area contributed by atoms with Crippen LogP contribution in [-0.2, 0) is 5.88 Å². The number of nitrogens with two attached hydrogens (primary N) is 1. The zero-order valence-corrected chi connectivity index (χ0v) is 9.31. The van der Waals surface area contributed by atoms with Crippen molar-refractivity contribution in [2.75, 3.05) is 5.73 Å². The van der Waals surface area contributed by atoms with Crippen molar-refractivity contribution in [3.05, 3.63) is 20.9 Å². The number of nitrogen functional groups attached to an aromatic ring is 1. The van der Waals surface area contributed by atoms with Gasteiger partial charge in [0.05, 0.1) is 5.88 Å². The lowest BCUT2D eigenvalue weighted by molar-refractivity contribution is 0.145. The van der Waals surface area contributed by atoms with Crippen molar-refractivity contribution in [3.8, 4) is 0 Å². The van der Waals surface area contributed by atoms with Gasteiger partial charge in [-0.3, -0.25) is 0 Å². The van der Waals surface area contributed by atoms with Crippen LogP contribution in [-0.4, -0.2) is 4.98 Å². The molecule has 2 nitrogen and oxygen atoms in total. The lowest BCUT2D eigenvalue weighted by Crippen LogP contribution is -2.03. The first-order valence-electron chi connectivity index (χ1n) is 3.35. The summed E-state index contributed by atoms with van der Waals surface area (Å²) >= 11 is 7.31. The first-order valence-corrected chi connectivity index (χ1v) is 4.96. The van der Waals surface area contributed by atoms with Gasteiger partial charge in [0.15, 0.2) is 0 Å². The number of rotatable bonds is 2. The molecule has 72 valence electrons. The molecule has 13 heavy (non-hydrogen) atoms. The van der Waals surface area contributed by atoms with E-state index < -0.39 is 6.43 Å². The van der Waals surface area contributed by atoms with Gasteiger partial charge in [0, 0.05) is 9.13 Å². The van der Waals surface area contributed by atoms with Crippen LogP contribution in [0.2, 0.25) is 0 Å². The van der Waals surface area contributed by atoms with E-state index in [0.29, 0.717) is 9.13 Å². The molecule has 0 fully saturated rings. The summed E-state index contributed by atoms with van der Waals surface area (Å²) in [5.41, 5.74) is 5.70. The van der Waals surface area contributed by atoms with Gasteiger partial charge in [-0.1, -0.05) is 0 Å². The van der Waals surface area contributed by atoms with Gasteiger partial charge >= 0.3 is 0 Å². The number of halogens is 4. The predicted octanol–water partition coefficient (Wildman–Crippen LogP) is 2.94. The second-order valence-corrected chi connectivity index (χ2v) is 3.76. The lowest BCUT2D eigenvalue weighted by atomic mass is 10.2. The number of pyridine rings is 1. The first-order chi connectivity index (χ1) is 6.06. The minimum absolute atomic E-state index is 0.0747. The highest BCUT2D eigenvalue weighted by atomic mass is 127. The van der Waals surface area contributed by atoms with E-state index in [4.69, 9.17) is 17.3 Å². The number of anilines is 1. The maximum Gasteiger partial charge on any atom is 0.281 e. The van der Waals surface area contributed by atoms with Crippen LogP contribution in [0.1, 0.15) is 17.7 Å². The third kappa shape index (κ3) is 2.40. The van der Waals surface area contributed by atoms with Crippen LogP contribution < -0.4 is 5.73 Å². The molecule has 0 saturated heterocycles. The van der Waals surface area contributed by atoms with Crippen molar-refractivity contribution in [2.45, 2.75) is 12.3 Å². The molecule has 0 saturated carbocycles. The minimum Gasteiger partial charge on any atom is -0.383 e. The van der Waals surface area contributed by atoms with E-state index in [9.17, 15) is 8.78 Å². The Balaban J connectivity index is 3.20. The van der Waals surface area contributed by atoms with Gasteiger partial charge in [0.25, 0.3) is 6.43 Å². The number of nitrogens with zero attached hydrogens (tertiary/aromatic N) is 1. The number of aromatic nitrogens is 1. The zero-order chi connectivity index (χ0) is 10.0. The van der Waals surface area contributed by atoms with Crippen LogP contribution in [0.15, 0.2) is 6.07 Å². The Bertz CT molecular complexity index is 320. The molecule has 0 aliphatic rings. The average Bonchev–Trinajstić information content (AvgIpc) is 2.07. The topological polar surface area (TPSA) is 38.9 Å². The molecule has 0 aromatic carbocycles. The summed E-state index contributed by atoms with van der Waals surface area (Å²) in [5, 5.41) is 0. The largest absolute Gasteiger partial charge is 0.383 e. The highest BCUT2D eigenvalue weighted by Crippen LogP contribution is 2.26. The van der Waals surface area contributed by atoms with Crippen molar-refractivity contribution >= 4 is 40.0 Å². The van der Waals surface area contributed by atoms with E-state index in [2.05, 4.69) is 4.98 Å². The van der Waals surface area contributed by atoms with Crippen LogP contribution in [0.25, 0.3) is 0 Å². The summed E-state index contributed by atoms with van der Waals surface area (Å²) < 4.78 is 25.0. The third-order valence-corrected chi connectivity index (χ3v) is 2.62. The van der Waals surface area contributed by atoms with Crippen molar-refractivity contribution in [3.63, 3.8) is 0 Å². The molecule has 0 aliphatic heterocycles. The van der Waals surface area contributed by atoms with Crippen molar-refractivity contribution in [1.29, 1.82) is 0 Å². The first kappa shape index (κ1) is 10.9. The summed E-state index contributed by atoms with van der Waals surface area (Å²) in [6.07, 6.45) is -2.60. The molecular formula is C7H6ClF2IN2. The van der Waals surface area contributed by atoms with Gasteiger partial charge in [-0.15, -0.1) is 11.6 Å². The fourth-order valence-corrected chi connectivity index (χ4v) is 1.76. The molecule has 1 rings (SSSR count). The molecular weight excluding hydrogens is 312 g/mol. The number of hydrogen-bond donors (Lipinski definition) is 1. The van der Waals surface area contributed by atoms with E-state index in [1.165, 1.54) is 6.07 Å². The average molecular weight is 318 g/mol. The summed E-state index contributed by atoms with van der Waals surface area (Å²) in [7, 11) is 0. The van der Waals surface area contributed by atoms with Crippen molar-refractivity contribution in [2.24, 2.45) is 0 Å². The molecule has 0 radical (unpaired) electrons. The standard InChI is InChI=1S/C7H6ClF2IN2/c8-2-3-1-4(11)5(6(9)10)13-7(3)12/h1,6H,2H2,(H2,12,13). The molecule has 0 bridgehead atoms. The van der Waals surface area contributed by atoms with E-state index in [-0.39, 0.29) is 17.4 Å². The second kappa shape index (κ2) is 4.36. The number of hydrogen-bond acceptors (Lipinski definition) is 2. The molecule has 1 heterocycles. The Morgan fingerprint density at radius 2 is 2.23 bits per heavy atom. The molecule has 2 N–H and O–H groups in total. The third-order valence-electron chi connectivity index (χ3n) is 1.47. The summed E-state index contributed by atoms with van der Waals surface area (Å²) in [4.78, 5) is 3.58. The predicted molar refractivity (Wildman–Crippen MR) is 55.9 cm³/mol. The van der Waals surface area contributed by atoms with Crippen LogP contribution >= 0.6 is 34.2 Å². The van der Waals surface area contributed by atoms with Gasteiger partial charge in [0.2, 0.25) is 0 Å². The Morgan fingerprint density at radius 1 is 1.62 bits per heavy atom. The Kier molecular flexibility index (Phi) is 3.66. The van der Waals surface area contributed by atoms with Gasteiger partial charge in [-0.05, 0) is 28.7 Å². The van der Waals surface area contributed by atoms with E-state index in [0.717, 1.165) is 0 Å². The fraction of sp³-hybridized carbons (Fsp3) is 0.286. The molecule has 1 aromatic rings. The van der Waals surface area contributed by atoms with Crippen LogP contribution in [0, 0.1) is 3.57 Å². The number of alkyl halides is 3. The lowest BCUT2D eigenvalue weighted by Gasteiger charge is -2.06. The molecule has 0 atom stereocenters. The maximum absolute atomic E-state index is 12.3. The molecule has 6 heteroatoms. The molecule has 0 aliphatic carbocycles. The van der Waals surface area contributed by atoms with Crippen molar-refractivity contribution in [1.82, 2.24) is 4.98 Å². The zero-order valence-electron chi connectivity index (χ0n) is 6.40. The van der Waals surface area contributed by atoms with E-state index in [1.807, 2.05) is 0 Å². The van der Waals surface area contributed by atoms with Crippen LogP contribution in [0.3, 0.4) is 0 Å². The molecule has 0 spiro atoms. The van der Waals surface area contributed by atoms with Gasteiger partial charge in [-0.25, -0.2) is 13.8 Å². The minimum atomic E-state index is -2.60. The molecule has 0 amide bonds. The summed E-state index contributed by atoms with van der Waals surface area (Å²) in [6, 6.07) is 1.53. The van der Waals surface area contributed by atoms with Crippen LogP contribution in [0.5, 0.6) is 0 Å². The maximum atomic E-state index is 12.3.